The molecule has 1 unspecified atom stereocenters. The number of carbonyl (C=O) groups is 1. The Hall–Kier alpha value is -2.34. The normalized spacial score (nSPS) is 12.7. The molecule has 0 aliphatic heterocycles. The van der Waals surface area contributed by atoms with Gasteiger partial charge < -0.3 is 5.32 Å². The molecule has 0 heterocycles. The van der Waals surface area contributed by atoms with Crippen LogP contribution in [-0.2, 0) is 10.0 Å². The van der Waals surface area contributed by atoms with E-state index in [1.807, 2.05) is 39.8 Å². The third kappa shape index (κ3) is 5.06. The van der Waals surface area contributed by atoms with Crippen molar-refractivity contribution in [3.63, 3.8) is 0 Å². The first-order chi connectivity index (χ1) is 11.7. The van der Waals surface area contributed by atoms with Crippen molar-refractivity contribution in [2.24, 2.45) is 5.92 Å². The number of benzene rings is 2. The molecule has 0 saturated heterocycles. The second-order valence-electron chi connectivity index (χ2n) is 6.50. The number of aryl methyl sites for hydroxylation is 1. The third-order valence-electron chi connectivity index (χ3n) is 4.09. The van der Waals surface area contributed by atoms with Gasteiger partial charge >= 0.3 is 0 Å². The first-order valence-corrected chi connectivity index (χ1v) is 9.68. The Balaban J connectivity index is 2.12. The molecule has 1 amide bonds. The quantitative estimate of drug-likeness (QED) is 0.827. The minimum Gasteiger partial charge on any atom is -0.349 e. The summed E-state index contributed by atoms with van der Waals surface area (Å²) in [5.74, 6) is 0.110. The van der Waals surface area contributed by atoms with Gasteiger partial charge in [-0.05, 0) is 56.2 Å². The van der Waals surface area contributed by atoms with E-state index in [0.717, 1.165) is 5.56 Å². The summed E-state index contributed by atoms with van der Waals surface area (Å²) >= 11 is 0. The summed E-state index contributed by atoms with van der Waals surface area (Å²) in [6, 6.07) is 13.0. The molecule has 0 aliphatic rings. The van der Waals surface area contributed by atoms with Gasteiger partial charge in [-0.3, -0.25) is 9.52 Å². The van der Waals surface area contributed by atoms with Gasteiger partial charge in [0.25, 0.3) is 15.9 Å². The van der Waals surface area contributed by atoms with E-state index < -0.39 is 10.0 Å². The molecule has 2 aromatic carbocycles. The molecular formula is C19H24N2O3S. The van der Waals surface area contributed by atoms with E-state index in [9.17, 15) is 13.2 Å². The fraction of sp³-hybridized carbons (Fsp3) is 0.316. The van der Waals surface area contributed by atoms with E-state index in [0.29, 0.717) is 17.2 Å². The van der Waals surface area contributed by atoms with Crippen LogP contribution in [0.4, 0.5) is 5.69 Å². The van der Waals surface area contributed by atoms with E-state index >= 15 is 0 Å². The first kappa shape index (κ1) is 19.0. The molecule has 2 N–H and O–H groups in total. The zero-order valence-corrected chi connectivity index (χ0v) is 15.7. The number of sulfonamides is 1. The van der Waals surface area contributed by atoms with E-state index in [-0.39, 0.29) is 16.8 Å². The number of nitrogens with one attached hydrogen (secondary N) is 2. The molecule has 25 heavy (non-hydrogen) atoms. The van der Waals surface area contributed by atoms with Crippen LogP contribution >= 0.6 is 0 Å². The van der Waals surface area contributed by atoms with Crippen LogP contribution in [0.2, 0.25) is 0 Å². The van der Waals surface area contributed by atoms with Crippen molar-refractivity contribution in [2.75, 3.05) is 4.72 Å². The second-order valence-corrected chi connectivity index (χ2v) is 8.18. The number of anilines is 1. The Morgan fingerprint density at radius 1 is 0.920 bits per heavy atom. The molecule has 0 radical (unpaired) electrons. The summed E-state index contributed by atoms with van der Waals surface area (Å²) in [6.07, 6.45) is 0. The molecule has 134 valence electrons. The Kier molecular flexibility index (Phi) is 5.85. The van der Waals surface area contributed by atoms with Crippen molar-refractivity contribution in [1.82, 2.24) is 5.32 Å². The zero-order valence-electron chi connectivity index (χ0n) is 14.9. The van der Waals surface area contributed by atoms with Crippen molar-refractivity contribution < 1.29 is 13.2 Å². The van der Waals surface area contributed by atoms with Crippen LogP contribution in [-0.4, -0.2) is 20.4 Å². The molecule has 0 fully saturated rings. The van der Waals surface area contributed by atoms with Gasteiger partial charge in [0.2, 0.25) is 0 Å². The summed E-state index contributed by atoms with van der Waals surface area (Å²) < 4.78 is 27.4. The molecule has 0 spiro atoms. The largest absolute Gasteiger partial charge is 0.349 e. The summed E-state index contributed by atoms with van der Waals surface area (Å²) in [6.45, 7) is 7.92. The van der Waals surface area contributed by atoms with Crippen LogP contribution in [0.5, 0.6) is 0 Å². The highest BCUT2D eigenvalue weighted by Gasteiger charge is 2.16. The molecule has 0 saturated carbocycles. The van der Waals surface area contributed by atoms with Gasteiger partial charge in [0.05, 0.1) is 4.90 Å². The highest BCUT2D eigenvalue weighted by Crippen LogP contribution is 2.17. The number of carbonyl (C=O) groups excluding carboxylic acids is 1. The number of rotatable bonds is 6. The van der Waals surface area contributed by atoms with Crippen LogP contribution in [0.15, 0.2) is 53.4 Å². The smallest absolute Gasteiger partial charge is 0.261 e. The molecule has 0 bridgehead atoms. The van der Waals surface area contributed by atoms with Gasteiger partial charge in [0.1, 0.15) is 0 Å². The molecule has 2 rings (SSSR count). The summed E-state index contributed by atoms with van der Waals surface area (Å²) in [5.41, 5.74) is 1.98. The van der Waals surface area contributed by atoms with E-state index in [2.05, 4.69) is 10.0 Å². The van der Waals surface area contributed by atoms with Crippen LogP contribution < -0.4 is 10.0 Å². The predicted molar refractivity (Wildman–Crippen MR) is 100 cm³/mol. The molecule has 1 atom stereocenters. The third-order valence-corrected chi connectivity index (χ3v) is 5.49. The highest BCUT2D eigenvalue weighted by molar-refractivity contribution is 7.92. The Bertz CT molecular complexity index is 826. The first-order valence-electron chi connectivity index (χ1n) is 8.19. The molecule has 2 aromatic rings. The lowest BCUT2D eigenvalue weighted by atomic mass is 10.1. The highest BCUT2D eigenvalue weighted by atomic mass is 32.2. The fourth-order valence-electron chi connectivity index (χ4n) is 2.08. The Morgan fingerprint density at radius 2 is 1.48 bits per heavy atom. The maximum Gasteiger partial charge on any atom is 0.261 e. The monoisotopic (exact) mass is 360 g/mol. The summed E-state index contributed by atoms with van der Waals surface area (Å²) in [7, 11) is -3.69. The molecule has 0 aliphatic carbocycles. The van der Waals surface area contributed by atoms with Crippen molar-refractivity contribution in [1.29, 1.82) is 0 Å². The maximum atomic E-state index is 12.4. The van der Waals surface area contributed by atoms with Crippen molar-refractivity contribution in [3.05, 3.63) is 59.7 Å². The van der Waals surface area contributed by atoms with Crippen molar-refractivity contribution >= 4 is 21.6 Å². The van der Waals surface area contributed by atoms with Crippen LogP contribution in [0.25, 0.3) is 0 Å². The molecular weight excluding hydrogens is 336 g/mol. The average molecular weight is 360 g/mol. The van der Waals surface area contributed by atoms with Gasteiger partial charge in [-0.2, -0.15) is 0 Å². The minimum absolute atomic E-state index is 0.0408. The summed E-state index contributed by atoms with van der Waals surface area (Å²) in [5, 5.41) is 2.89. The Labute approximate surface area is 149 Å². The minimum atomic E-state index is -3.69. The van der Waals surface area contributed by atoms with Gasteiger partial charge in [0.15, 0.2) is 0 Å². The van der Waals surface area contributed by atoms with E-state index in [1.54, 1.807) is 12.1 Å². The molecule has 0 aromatic heterocycles. The standard InChI is InChI=1S/C19H24N2O3S/c1-13(2)15(4)20-19(22)16-7-11-18(12-8-16)25(23,24)21-17-9-5-14(3)6-10-17/h5-13,15,21H,1-4H3,(H,20,22). The SMILES string of the molecule is Cc1ccc(NS(=O)(=O)c2ccc(C(=O)NC(C)C(C)C)cc2)cc1. The molecule has 6 heteroatoms. The van der Waals surface area contributed by atoms with E-state index in [1.165, 1.54) is 24.3 Å². The number of hydrogen-bond donors (Lipinski definition) is 2. The van der Waals surface area contributed by atoms with Crippen LogP contribution in [0.1, 0.15) is 36.7 Å². The van der Waals surface area contributed by atoms with Crippen molar-refractivity contribution in [2.45, 2.75) is 38.6 Å². The lowest BCUT2D eigenvalue weighted by Gasteiger charge is -2.17. The van der Waals surface area contributed by atoms with E-state index in [4.69, 9.17) is 0 Å². The lowest BCUT2D eigenvalue weighted by molar-refractivity contribution is 0.0930. The topological polar surface area (TPSA) is 75.3 Å². The maximum absolute atomic E-state index is 12.4. The predicted octanol–water partition coefficient (Wildman–Crippen LogP) is 3.57. The van der Waals surface area contributed by atoms with Crippen LogP contribution in [0, 0.1) is 12.8 Å². The molecule has 5 nitrogen and oxygen atoms in total. The zero-order chi connectivity index (χ0) is 18.6. The lowest BCUT2D eigenvalue weighted by Crippen LogP contribution is -2.36. The fourth-order valence-corrected chi connectivity index (χ4v) is 3.14. The summed E-state index contributed by atoms with van der Waals surface area (Å²) in [4.78, 5) is 12.3. The Morgan fingerprint density at radius 3 is 2.00 bits per heavy atom. The number of amides is 1. The number of hydrogen-bond acceptors (Lipinski definition) is 3. The van der Waals surface area contributed by atoms with Crippen molar-refractivity contribution in [3.8, 4) is 0 Å². The van der Waals surface area contributed by atoms with Crippen LogP contribution in [0.3, 0.4) is 0 Å². The second kappa shape index (κ2) is 7.70. The van der Waals surface area contributed by atoms with Gasteiger partial charge in [-0.25, -0.2) is 8.42 Å². The van der Waals surface area contributed by atoms with Gasteiger partial charge in [-0.15, -0.1) is 0 Å². The average Bonchev–Trinajstić information content (AvgIpc) is 2.56. The van der Waals surface area contributed by atoms with Gasteiger partial charge in [0, 0.05) is 17.3 Å². The van der Waals surface area contributed by atoms with Gasteiger partial charge in [-0.1, -0.05) is 31.5 Å².